The molecule has 4 heteroatoms. The molecule has 1 atom stereocenters. The highest BCUT2D eigenvalue weighted by molar-refractivity contribution is 5.99. The Morgan fingerprint density at radius 1 is 1.64 bits per heavy atom. The van der Waals surface area contributed by atoms with Crippen molar-refractivity contribution in [2.24, 2.45) is 5.92 Å². The third kappa shape index (κ3) is 2.54. The average molecular weight is 199 g/mol. The van der Waals surface area contributed by atoms with Gasteiger partial charge in [-0.1, -0.05) is 6.92 Å². The molecule has 0 bridgehead atoms. The van der Waals surface area contributed by atoms with Gasteiger partial charge in [-0.15, -0.1) is 0 Å². The molecule has 0 aliphatic carbocycles. The van der Waals surface area contributed by atoms with Crippen LogP contribution in [0.2, 0.25) is 0 Å². The lowest BCUT2D eigenvalue weighted by Crippen LogP contribution is -2.44. The minimum Gasteiger partial charge on any atom is -0.468 e. The maximum atomic E-state index is 11.4. The predicted octanol–water partition coefficient (Wildman–Crippen LogP) is 0.460. The summed E-state index contributed by atoms with van der Waals surface area (Å²) < 4.78 is 4.60. The van der Waals surface area contributed by atoms with Gasteiger partial charge in [0.25, 0.3) is 0 Å². The Morgan fingerprint density at radius 3 is 2.93 bits per heavy atom. The first-order valence-electron chi connectivity index (χ1n) is 5.02. The van der Waals surface area contributed by atoms with Crippen molar-refractivity contribution < 1.29 is 14.3 Å². The van der Waals surface area contributed by atoms with Gasteiger partial charge < -0.3 is 9.64 Å². The van der Waals surface area contributed by atoms with Crippen LogP contribution in [-0.2, 0) is 14.3 Å². The summed E-state index contributed by atoms with van der Waals surface area (Å²) in [5.41, 5.74) is 0. The van der Waals surface area contributed by atoms with Gasteiger partial charge in [0.05, 0.1) is 7.11 Å². The standard InChI is InChI=1S/C10H17NO3/c1-3-5-11-6-4-9(12)8(7-11)10(13)14-2/h8H,3-7H2,1-2H3/t8-/m0/s1. The van der Waals surface area contributed by atoms with Crippen LogP contribution in [0.3, 0.4) is 0 Å². The highest BCUT2D eigenvalue weighted by Gasteiger charge is 2.32. The van der Waals surface area contributed by atoms with E-state index in [1.165, 1.54) is 7.11 Å². The fraction of sp³-hybridized carbons (Fsp3) is 0.800. The van der Waals surface area contributed by atoms with Crippen molar-refractivity contribution in [3.63, 3.8) is 0 Å². The summed E-state index contributed by atoms with van der Waals surface area (Å²) in [5.74, 6) is -0.930. The minimum atomic E-state index is -0.555. The topological polar surface area (TPSA) is 46.6 Å². The summed E-state index contributed by atoms with van der Waals surface area (Å²) in [6.45, 7) is 4.34. The van der Waals surface area contributed by atoms with Crippen LogP contribution in [-0.4, -0.2) is 43.4 Å². The first-order valence-corrected chi connectivity index (χ1v) is 5.02. The minimum absolute atomic E-state index is 0.0178. The number of esters is 1. The van der Waals surface area contributed by atoms with E-state index in [-0.39, 0.29) is 5.78 Å². The maximum absolute atomic E-state index is 11.4. The fourth-order valence-corrected chi connectivity index (χ4v) is 1.76. The van der Waals surface area contributed by atoms with E-state index < -0.39 is 11.9 Å². The number of hydrogen-bond acceptors (Lipinski definition) is 4. The molecule has 14 heavy (non-hydrogen) atoms. The van der Waals surface area contributed by atoms with E-state index in [1.54, 1.807) is 0 Å². The highest BCUT2D eigenvalue weighted by Crippen LogP contribution is 2.14. The number of rotatable bonds is 3. The Bertz CT molecular complexity index is 219. The Morgan fingerprint density at radius 2 is 2.36 bits per heavy atom. The summed E-state index contributed by atoms with van der Waals surface area (Å²) in [6, 6.07) is 0. The van der Waals surface area contributed by atoms with Crippen LogP contribution in [0.4, 0.5) is 0 Å². The molecule has 1 saturated heterocycles. The molecule has 0 aromatic rings. The third-order valence-corrected chi connectivity index (χ3v) is 2.53. The molecule has 1 aliphatic rings. The van der Waals surface area contributed by atoms with Crippen molar-refractivity contribution in [3.05, 3.63) is 0 Å². The fourth-order valence-electron chi connectivity index (χ4n) is 1.76. The van der Waals surface area contributed by atoms with Crippen LogP contribution in [0.1, 0.15) is 19.8 Å². The molecule has 1 heterocycles. The first kappa shape index (κ1) is 11.2. The van der Waals surface area contributed by atoms with Crippen molar-refractivity contribution in [3.8, 4) is 0 Å². The van der Waals surface area contributed by atoms with Crippen LogP contribution in [0, 0.1) is 5.92 Å². The van der Waals surface area contributed by atoms with Gasteiger partial charge in [0.2, 0.25) is 0 Å². The number of ether oxygens (including phenoxy) is 1. The summed E-state index contributed by atoms with van der Waals surface area (Å²) in [5, 5.41) is 0. The Balaban J connectivity index is 2.55. The molecular weight excluding hydrogens is 182 g/mol. The van der Waals surface area contributed by atoms with E-state index >= 15 is 0 Å². The van der Waals surface area contributed by atoms with Crippen molar-refractivity contribution in [1.29, 1.82) is 0 Å². The average Bonchev–Trinajstić information content (AvgIpc) is 2.20. The second-order valence-corrected chi connectivity index (χ2v) is 3.59. The summed E-state index contributed by atoms with van der Waals surface area (Å²) >= 11 is 0. The van der Waals surface area contributed by atoms with Gasteiger partial charge in [-0.05, 0) is 13.0 Å². The van der Waals surface area contributed by atoms with Crippen LogP contribution in [0.25, 0.3) is 0 Å². The molecule has 1 fully saturated rings. The van der Waals surface area contributed by atoms with Crippen molar-refractivity contribution >= 4 is 11.8 Å². The smallest absolute Gasteiger partial charge is 0.317 e. The maximum Gasteiger partial charge on any atom is 0.317 e. The number of hydrogen-bond donors (Lipinski definition) is 0. The monoisotopic (exact) mass is 199 g/mol. The van der Waals surface area contributed by atoms with Crippen LogP contribution in [0.15, 0.2) is 0 Å². The van der Waals surface area contributed by atoms with Gasteiger partial charge in [-0.3, -0.25) is 9.59 Å². The molecule has 0 spiro atoms. The molecule has 0 N–H and O–H groups in total. The number of ketones is 1. The molecule has 80 valence electrons. The van der Waals surface area contributed by atoms with Gasteiger partial charge in [0.1, 0.15) is 11.7 Å². The van der Waals surface area contributed by atoms with Crippen molar-refractivity contribution in [2.75, 3.05) is 26.7 Å². The van der Waals surface area contributed by atoms with Gasteiger partial charge >= 0.3 is 5.97 Å². The van der Waals surface area contributed by atoms with E-state index in [4.69, 9.17) is 0 Å². The molecule has 0 amide bonds. The summed E-state index contributed by atoms with van der Waals surface area (Å²) in [4.78, 5) is 24.8. The van der Waals surface area contributed by atoms with Crippen LogP contribution < -0.4 is 0 Å². The van der Waals surface area contributed by atoms with Crippen molar-refractivity contribution in [2.45, 2.75) is 19.8 Å². The molecule has 0 aromatic heterocycles. The molecule has 1 aliphatic heterocycles. The zero-order valence-electron chi connectivity index (χ0n) is 8.78. The SMILES string of the molecule is CCCN1CCC(=O)[C@@H](C(=O)OC)C1. The van der Waals surface area contributed by atoms with E-state index in [0.717, 1.165) is 19.5 Å². The number of methoxy groups -OCH3 is 1. The van der Waals surface area contributed by atoms with Gasteiger partial charge in [0.15, 0.2) is 0 Å². The van der Waals surface area contributed by atoms with Gasteiger partial charge in [-0.25, -0.2) is 0 Å². The highest BCUT2D eigenvalue weighted by atomic mass is 16.5. The Hall–Kier alpha value is -0.900. The molecule has 1 rings (SSSR count). The number of carbonyl (C=O) groups excluding carboxylic acids is 2. The first-order chi connectivity index (χ1) is 6.69. The molecular formula is C10H17NO3. The normalized spacial score (nSPS) is 23.6. The zero-order chi connectivity index (χ0) is 10.6. The van der Waals surface area contributed by atoms with E-state index in [0.29, 0.717) is 13.0 Å². The molecule has 0 saturated carbocycles. The number of carbonyl (C=O) groups is 2. The quantitative estimate of drug-likeness (QED) is 0.489. The van der Waals surface area contributed by atoms with Gasteiger partial charge in [-0.2, -0.15) is 0 Å². The third-order valence-electron chi connectivity index (χ3n) is 2.53. The number of likely N-dealkylation sites (tertiary alicyclic amines) is 1. The molecule has 4 nitrogen and oxygen atoms in total. The Kier molecular flexibility index (Phi) is 4.07. The second kappa shape index (κ2) is 5.10. The number of nitrogens with zero attached hydrogens (tertiary/aromatic N) is 1. The molecule has 0 aromatic carbocycles. The second-order valence-electron chi connectivity index (χ2n) is 3.59. The summed E-state index contributed by atoms with van der Waals surface area (Å²) in [6.07, 6.45) is 1.52. The summed E-state index contributed by atoms with van der Waals surface area (Å²) in [7, 11) is 1.33. The van der Waals surface area contributed by atoms with E-state index in [1.807, 2.05) is 0 Å². The largest absolute Gasteiger partial charge is 0.468 e. The van der Waals surface area contributed by atoms with Crippen molar-refractivity contribution in [1.82, 2.24) is 4.90 Å². The van der Waals surface area contributed by atoms with E-state index in [9.17, 15) is 9.59 Å². The lowest BCUT2D eigenvalue weighted by molar-refractivity contribution is -0.151. The lowest BCUT2D eigenvalue weighted by atomic mass is 9.96. The van der Waals surface area contributed by atoms with Gasteiger partial charge in [0, 0.05) is 19.5 Å². The van der Waals surface area contributed by atoms with E-state index in [2.05, 4.69) is 16.6 Å². The van der Waals surface area contributed by atoms with Crippen LogP contribution >= 0.6 is 0 Å². The molecule has 0 radical (unpaired) electrons. The number of Topliss-reactive ketones (excluding diaryl/α,β-unsaturated/α-hetero) is 1. The molecule has 0 unspecified atom stereocenters. The number of piperidine rings is 1. The Labute approximate surface area is 84.2 Å². The predicted molar refractivity (Wildman–Crippen MR) is 51.9 cm³/mol. The van der Waals surface area contributed by atoms with Crippen LogP contribution in [0.5, 0.6) is 0 Å². The lowest BCUT2D eigenvalue weighted by Gasteiger charge is -2.29. The zero-order valence-corrected chi connectivity index (χ0v) is 8.78.